The smallest absolute Gasteiger partial charge is 0.334 e. The Hall–Kier alpha value is -2.31. The number of carbonyl (C=O) groups is 3. The van der Waals surface area contributed by atoms with Gasteiger partial charge in [-0.3, -0.25) is 9.59 Å². The maximum absolute atomic E-state index is 12.0. The highest BCUT2D eigenvalue weighted by Gasteiger charge is 2.55. The average molecular weight is 567 g/mol. The van der Waals surface area contributed by atoms with Gasteiger partial charge in [0, 0.05) is 5.57 Å². The summed E-state index contributed by atoms with van der Waals surface area (Å²) in [5, 5.41) is 40.1. The van der Waals surface area contributed by atoms with Gasteiger partial charge in [-0.15, -0.1) is 0 Å². The van der Waals surface area contributed by atoms with Gasteiger partial charge in [-0.1, -0.05) is 32.4 Å². The van der Waals surface area contributed by atoms with Crippen LogP contribution in [0.5, 0.6) is 0 Å². The lowest BCUT2D eigenvalue weighted by molar-refractivity contribution is -0.310. The lowest BCUT2D eigenvalue weighted by Gasteiger charge is -2.59. The van der Waals surface area contributed by atoms with Gasteiger partial charge in [0.15, 0.2) is 6.29 Å². The number of carbonyl (C=O) groups excluding carboxylic acids is 2. The van der Waals surface area contributed by atoms with E-state index in [1.807, 2.05) is 6.08 Å². The van der Waals surface area contributed by atoms with E-state index in [2.05, 4.69) is 20.4 Å². The standard InChI is InChI=1S/C29H42O11/c1-16-5-8-20-28(2,10-4-11-29(20,3)18(16)7-6-17-9-12-37-26(17)36)15-39-27-25(35)24(34)23(33)19(40-27)14-38-22(32)13-21(30)31/h9,18-20,23-25,27,33-35H,1,4-8,10-15H2,2-3H3,(H,30,31). The summed E-state index contributed by atoms with van der Waals surface area (Å²) in [7, 11) is 0. The van der Waals surface area contributed by atoms with Gasteiger partial charge in [0.2, 0.25) is 0 Å². The maximum Gasteiger partial charge on any atom is 0.334 e. The van der Waals surface area contributed by atoms with E-state index in [1.165, 1.54) is 5.57 Å². The van der Waals surface area contributed by atoms with Crippen molar-refractivity contribution in [2.45, 2.75) is 95.9 Å². The zero-order chi connectivity index (χ0) is 29.2. The minimum atomic E-state index is -1.61. The molecule has 2 aliphatic carbocycles. The highest BCUT2D eigenvalue weighted by Crippen LogP contribution is 2.62. The molecule has 1 saturated heterocycles. The number of cyclic esters (lactones) is 1. The van der Waals surface area contributed by atoms with Crippen molar-refractivity contribution in [3.05, 3.63) is 23.8 Å². The molecule has 0 spiro atoms. The molecule has 0 bridgehead atoms. The summed E-state index contributed by atoms with van der Waals surface area (Å²) in [6.45, 7) is 8.95. The van der Waals surface area contributed by atoms with Crippen LogP contribution < -0.4 is 0 Å². The first-order valence-corrected chi connectivity index (χ1v) is 14.1. The largest absolute Gasteiger partial charge is 0.481 e. The first kappa shape index (κ1) is 30.6. The molecule has 0 amide bonds. The third kappa shape index (κ3) is 6.28. The monoisotopic (exact) mass is 566 g/mol. The van der Waals surface area contributed by atoms with Gasteiger partial charge in [-0.2, -0.15) is 0 Å². The van der Waals surface area contributed by atoms with Gasteiger partial charge < -0.3 is 39.4 Å². The number of aliphatic carboxylic acids is 1. The second kappa shape index (κ2) is 12.3. The lowest BCUT2D eigenvalue weighted by Crippen LogP contribution is -2.60. The molecule has 40 heavy (non-hydrogen) atoms. The first-order valence-electron chi connectivity index (χ1n) is 14.1. The number of aliphatic hydroxyl groups is 3. The maximum atomic E-state index is 12.0. The molecule has 3 fully saturated rings. The summed E-state index contributed by atoms with van der Waals surface area (Å²) in [6, 6.07) is 0. The van der Waals surface area contributed by atoms with E-state index in [0.717, 1.165) is 44.1 Å². The average Bonchev–Trinajstić information content (AvgIpc) is 3.29. The third-order valence-electron chi connectivity index (χ3n) is 9.60. The Labute approximate surface area is 234 Å². The number of carboxylic acids is 1. The van der Waals surface area contributed by atoms with Crippen molar-refractivity contribution < 1.29 is 53.8 Å². The van der Waals surface area contributed by atoms with Gasteiger partial charge >= 0.3 is 17.9 Å². The van der Waals surface area contributed by atoms with E-state index in [4.69, 9.17) is 24.1 Å². The van der Waals surface area contributed by atoms with Gasteiger partial charge in [0.25, 0.3) is 0 Å². The van der Waals surface area contributed by atoms with Crippen molar-refractivity contribution in [1.29, 1.82) is 0 Å². The Balaban J connectivity index is 1.42. The number of carboxylic acid groups (broad SMARTS) is 1. The molecule has 4 aliphatic rings. The Bertz CT molecular complexity index is 1020. The first-order chi connectivity index (χ1) is 18.9. The molecule has 0 aromatic carbocycles. The van der Waals surface area contributed by atoms with Crippen LogP contribution in [-0.2, 0) is 33.3 Å². The van der Waals surface area contributed by atoms with Gasteiger partial charge in [-0.05, 0) is 67.3 Å². The molecule has 2 saturated carbocycles. The number of allylic oxidation sites excluding steroid dienone is 1. The molecular formula is C29H42O11. The van der Waals surface area contributed by atoms with Crippen molar-refractivity contribution in [2.75, 3.05) is 19.8 Å². The Kier molecular flexibility index (Phi) is 9.41. The molecule has 0 aromatic rings. The zero-order valence-electron chi connectivity index (χ0n) is 23.3. The van der Waals surface area contributed by atoms with Crippen LogP contribution in [0.3, 0.4) is 0 Å². The van der Waals surface area contributed by atoms with E-state index in [-0.39, 0.29) is 35.2 Å². The van der Waals surface area contributed by atoms with Crippen LogP contribution in [0.15, 0.2) is 23.8 Å². The van der Waals surface area contributed by atoms with E-state index in [0.29, 0.717) is 13.0 Å². The summed E-state index contributed by atoms with van der Waals surface area (Å²) in [4.78, 5) is 34.3. The molecule has 0 radical (unpaired) electrons. The Morgan fingerprint density at radius 2 is 1.90 bits per heavy atom. The van der Waals surface area contributed by atoms with Crippen molar-refractivity contribution in [1.82, 2.24) is 0 Å². The summed E-state index contributed by atoms with van der Waals surface area (Å²) in [5.41, 5.74) is 1.61. The third-order valence-corrected chi connectivity index (χ3v) is 9.60. The lowest BCUT2D eigenvalue weighted by atomic mass is 9.47. The molecule has 9 unspecified atom stereocenters. The van der Waals surface area contributed by atoms with Gasteiger partial charge in [0.05, 0.1) is 6.61 Å². The van der Waals surface area contributed by atoms with E-state index < -0.39 is 55.7 Å². The quantitative estimate of drug-likeness (QED) is 0.173. The molecule has 0 aromatic heterocycles. The van der Waals surface area contributed by atoms with Crippen LogP contribution in [0.2, 0.25) is 0 Å². The van der Waals surface area contributed by atoms with E-state index in [9.17, 15) is 29.7 Å². The van der Waals surface area contributed by atoms with Crippen molar-refractivity contribution in [3.8, 4) is 0 Å². The molecular weight excluding hydrogens is 524 g/mol. The van der Waals surface area contributed by atoms with Gasteiger partial charge in [0.1, 0.15) is 44.1 Å². The SMILES string of the molecule is C=C1CCC2C(C)(COC3OC(COC(=O)CC(=O)O)C(O)C(O)C3O)CCCC2(C)C1CCC1=CCOC1=O. The number of esters is 2. The molecule has 4 rings (SSSR count). The molecule has 2 aliphatic heterocycles. The Morgan fingerprint density at radius 1 is 1.15 bits per heavy atom. The number of hydrogen-bond donors (Lipinski definition) is 4. The van der Waals surface area contributed by atoms with Crippen LogP contribution >= 0.6 is 0 Å². The normalized spacial score (nSPS) is 39.7. The zero-order valence-corrected chi connectivity index (χ0v) is 23.3. The van der Waals surface area contributed by atoms with Crippen LogP contribution in [0.1, 0.15) is 65.2 Å². The van der Waals surface area contributed by atoms with E-state index in [1.54, 1.807) is 0 Å². The van der Waals surface area contributed by atoms with Crippen LogP contribution in [0.25, 0.3) is 0 Å². The fraction of sp³-hybridized carbons (Fsp3) is 0.759. The highest BCUT2D eigenvalue weighted by atomic mass is 16.7. The summed E-state index contributed by atoms with van der Waals surface area (Å²) >= 11 is 0. The van der Waals surface area contributed by atoms with Crippen LogP contribution in [0, 0.1) is 22.7 Å². The number of ether oxygens (including phenoxy) is 4. The highest BCUT2D eigenvalue weighted by molar-refractivity contribution is 5.90. The number of fused-ring (bicyclic) bond motifs is 1. The number of aliphatic hydroxyl groups excluding tert-OH is 3. The minimum absolute atomic E-state index is 0.0581. The predicted molar refractivity (Wildman–Crippen MR) is 140 cm³/mol. The topological polar surface area (TPSA) is 169 Å². The molecule has 224 valence electrons. The van der Waals surface area contributed by atoms with Crippen LogP contribution in [0.4, 0.5) is 0 Å². The molecule has 11 heteroatoms. The molecule has 4 N–H and O–H groups in total. The fourth-order valence-electron chi connectivity index (χ4n) is 7.50. The second-order valence-electron chi connectivity index (χ2n) is 12.3. The minimum Gasteiger partial charge on any atom is -0.481 e. The molecule has 9 atom stereocenters. The number of hydrogen-bond acceptors (Lipinski definition) is 10. The predicted octanol–water partition coefficient (Wildman–Crippen LogP) is 1.87. The van der Waals surface area contributed by atoms with E-state index >= 15 is 0 Å². The number of rotatable bonds is 10. The van der Waals surface area contributed by atoms with Crippen LogP contribution in [-0.4, -0.2) is 88.9 Å². The summed E-state index contributed by atoms with van der Waals surface area (Å²) < 4.78 is 21.8. The summed E-state index contributed by atoms with van der Waals surface area (Å²) in [5.74, 6) is -2.09. The van der Waals surface area contributed by atoms with Crippen molar-refractivity contribution >= 4 is 17.9 Å². The molecule has 2 heterocycles. The van der Waals surface area contributed by atoms with Crippen molar-refractivity contribution in [2.24, 2.45) is 22.7 Å². The summed E-state index contributed by atoms with van der Waals surface area (Å²) in [6.07, 6.45) is 0.0154. The van der Waals surface area contributed by atoms with Crippen molar-refractivity contribution in [3.63, 3.8) is 0 Å². The Morgan fingerprint density at radius 3 is 2.58 bits per heavy atom. The molecule has 11 nitrogen and oxygen atoms in total. The fourth-order valence-corrected chi connectivity index (χ4v) is 7.50. The van der Waals surface area contributed by atoms with Gasteiger partial charge in [-0.25, -0.2) is 4.79 Å². The second-order valence-corrected chi connectivity index (χ2v) is 12.3.